The summed E-state index contributed by atoms with van der Waals surface area (Å²) in [6, 6.07) is 22.8. The number of hydrogen-bond donors (Lipinski definition) is 0. The fourth-order valence-corrected chi connectivity index (χ4v) is 6.07. The molecule has 3 aromatic carbocycles. The summed E-state index contributed by atoms with van der Waals surface area (Å²) in [5.74, 6) is 0.780. The summed E-state index contributed by atoms with van der Waals surface area (Å²) in [5, 5.41) is 0.248. The van der Waals surface area contributed by atoms with Gasteiger partial charge in [0.1, 0.15) is 10.6 Å². The lowest BCUT2D eigenvalue weighted by atomic mass is 10.1. The van der Waals surface area contributed by atoms with Gasteiger partial charge in [-0.1, -0.05) is 65.7 Å². The number of benzene rings is 3. The standard InChI is InChI=1S/C27H31ClN2O4S/c1-21-10-12-22(13-11-21)20-34-26(23-6-5-7-24(18-23)33-2)19-29-14-16-30(17-15-29)35(31,32)27-9-4-3-8-25(27)28/h3-13,18,26H,14-17,19-20H2,1-2H3/t26-/m0/s1. The van der Waals surface area contributed by atoms with Crippen molar-refractivity contribution in [2.24, 2.45) is 0 Å². The molecule has 35 heavy (non-hydrogen) atoms. The molecule has 3 aromatic rings. The maximum atomic E-state index is 13.1. The quantitative estimate of drug-likeness (QED) is 0.405. The van der Waals surface area contributed by atoms with Crippen molar-refractivity contribution in [3.63, 3.8) is 0 Å². The number of aryl methyl sites for hydroxylation is 1. The van der Waals surface area contributed by atoms with Crippen LogP contribution in [-0.4, -0.2) is 57.5 Å². The van der Waals surface area contributed by atoms with Gasteiger partial charge in [0.05, 0.1) is 24.8 Å². The predicted molar refractivity (Wildman–Crippen MR) is 138 cm³/mol. The summed E-state index contributed by atoms with van der Waals surface area (Å²) in [6.07, 6.45) is -0.182. The van der Waals surface area contributed by atoms with Gasteiger partial charge in [0.15, 0.2) is 0 Å². The second-order valence-corrected chi connectivity index (χ2v) is 11.0. The summed E-state index contributed by atoms with van der Waals surface area (Å²) in [4.78, 5) is 2.41. The molecule has 0 spiro atoms. The summed E-state index contributed by atoms with van der Waals surface area (Å²) in [5.41, 5.74) is 3.35. The van der Waals surface area contributed by atoms with Gasteiger partial charge in [0, 0.05) is 32.7 Å². The van der Waals surface area contributed by atoms with Crippen molar-refractivity contribution in [2.45, 2.75) is 24.5 Å². The van der Waals surface area contributed by atoms with Gasteiger partial charge in [-0.15, -0.1) is 0 Å². The highest BCUT2D eigenvalue weighted by atomic mass is 35.5. The second kappa shape index (κ2) is 11.5. The molecule has 1 aliphatic rings. The Morgan fingerprint density at radius 1 is 0.943 bits per heavy atom. The van der Waals surface area contributed by atoms with Crippen LogP contribution in [-0.2, 0) is 21.4 Å². The third-order valence-corrected chi connectivity index (χ3v) is 8.65. The van der Waals surface area contributed by atoms with Gasteiger partial charge in [0.25, 0.3) is 0 Å². The van der Waals surface area contributed by atoms with E-state index in [4.69, 9.17) is 21.1 Å². The Balaban J connectivity index is 1.44. The molecule has 6 nitrogen and oxygen atoms in total. The zero-order chi connectivity index (χ0) is 24.8. The molecule has 4 rings (SSSR count). The zero-order valence-electron chi connectivity index (χ0n) is 20.1. The number of halogens is 1. The third-order valence-electron chi connectivity index (χ3n) is 6.25. The minimum absolute atomic E-state index is 0.158. The van der Waals surface area contributed by atoms with Gasteiger partial charge in [-0.05, 0) is 42.3 Å². The van der Waals surface area contributed by atoms with E-state index >= 15 is 0 Å². The van der Waals surface area contributed by atoms with Gasteiger partial charge >= 0.3 is 0 Å². The molecular weight excluding hydrogens is 484 g/mol. The normalized spacial score (nSPS) is 16.2. The van der Waals surface area contributed by atoms with E-state index in [0.717, 1.165) is 16.9 Å². The van der Waals surface area contributed by atoms with Crippen LogP contribution in [0.15, 0.2) is 77.7 Å². The smallest absolute Gasteiger partial charge is 0.244 e. The van der Waals surface area contributed by atoms with Crippen LogP contribution in [0.4, 0.5) is 0 Å². The Morgan fingerprint density at radius 3 is 2.34 bits per heavy atom. The molecule has 1 aliphatic heterocycles. The lowest BCUT2D eigenvalue weighted by molar-refractivity contribution is 0.00763. The lowest BCUT2D eigenvalue weighted by Gasteiger charge is -2.36. The fraction of sp³-hybridized carbons (Fsp3) is 0.333. The molecule has 1 fully saturated rings. The molecule has 0 saturated carbocycles. The largest absolute Gasteiger partial charge is 0.497 e. The number of methoxy groups -OCH3 is 1. The van der Waals surface area contributed by atoms with E-state index in [0.29, 0.717) is 39.3 Å². The molecule has 0 amide bonds. The van der Waals surface area contributed by atoms with E-state index in [-0.39, 0.29) is 16.0 Å². The lowest BCUT2D eigenvalue weighted by Crippen LogP contribution is -2.49. The minimum atomic E-state index is -3.63. The monoisotopic (exact) mass is 514 g/mol. The first-order chi connectivity index (χ1) is 16.9. The molecule has 1 heterocycles. The summed E-state index contributed by atoms with van der Waals surface area (Å²) >= 11 is 6.17. The number of rotatable bonds is 9. The first-order valence-corrected chi connectivity index (χ1v) is 13.5. The van der Waals surface area contributed by atoms with Gasteiger partial charge in [-0.3, -0.25) is 4.90 Å². The first-order valence-electron chi connectivity index (χ1n) is 11.6. The van der Waals surface area contributed by atoms with Crippen LogP contribution in [0.2, 0.25) is 5.02 Å². The van der Waals surface area contributed by atoms with Crippen molar-refractivity contribution in [3.8, 4) is 5.75 Å². The van der Waals surface area contributed by atoms with E-state index in [2.05, 4.69) is 36.1 Å². The number of nitrogens with zero attached hydrogens (tertiary/aromatic N) is 2. The van der Waals surface area contributed by atoms with Crippen molar-refractivity contribution >= 4 is 21.6 Å². The maximum absolute atomic E-state index is 13.1. The Kier molecular flexibility index (Phi) is 8.46. The van der Waals surface area contributed by atoms with Crippen LogP contribution in [0, 0.1) is 6.92 Å². The van der Waals surface area contributed by atoms with Crippen molar-refractivity contribution in [2.75, 3.05) is 39.8 Å². The van der Waals surface area contributed by atoms with E-state index in [9.17, 15) is 8.42 Å². The average molecular weight is 515 g/mol. The molecule has 8 heteroatoms. The molecule has 186 valence electrons. The summed E-state index contributed by atoms with van der Waals surface area (Å²) < 4.78 is 39.5. The Morgan fingerprint density at radius 2 is 1.66 bits per heavy atom. The van der Waals surface area contributed by atoms with Gasteiger partial charge < -0.3 is 9.47 Å². The average Bonchev–Trinajstić information content (AvgIpc) is 2.88. The third kappa shape index (κ3) is 6.42. The van der Waals surface area contributed by atoms with Crippen LogP contribution in [0.25, 0.3) is 0 Å². The van der Waals surface area contributed by atoms with E-state index < -0.39 is 10.0 Å². The topological polar surface area (TPSA) is 59.1 Å². The van der Waals surface area contributed by atoms with E-state index in [1.807, 2.05) is 24.3 Å². The SMILES string of the molecule is COc1cccc([C@H](CN2CCN(S(=O)(=O)c3ccccc3Cl)CC2)OCc2ccc(C)cc2)c1. The molecule has 0 aromatic heterocycles. The highest BCUT2D eigenvalue weighted by Gasteiger charge is 2.31. The molecule has 1 saturated heterocycles. The molecule has 0 unspecified atom stereocenters. The van der Waals surface area contributed by atoms with Crippen molar-refractivity contribution in [1.29, 1.82) is 0 Å². The number of piperazine rings is 1. The molecule has 0 aliphatic carbocycles. The maximum Gasteiger partial charge on any atom is 0.244 e. The van der Waals surface area contributed by atoms with Crippen LogP contribution in [0.1, 0.15) is 22.8 Å². The van der Waals surface area contributed by atoms with Crippen molar-refractivity contribution in [1.82, 2.24) is 9.21 Å². The van der Waals surface area contributed by atoms with Gasteiger partial charge in [0.2, 0.25) is 10.0 Å². The van der Waals surface area contributed by atoms with Gasteiger partial charge in [-0.2, -0.15) is 4.31 Å². The van der Waals surface area contributed by atoms with Crippen molar-refractivity contribution in [3.05, 3.63) is 94.5 Å². The molecule has 1 atom stereocenters. The Bertz CT molecular complexity index is 1230. The predicted octanol–water partition coefficient (Wildman–Crippen LogP) is 4.92. The van der Waals surface area contributed by atoms with Crippen molar-refractivity contribution < 1.29 is 17.9 Å². The molecule has 0 radical (unpaired) electrons. The van der Waals surface area contributed by atoms with E-state index in [1.165, 1.54) is 9.87 Å². The first kappa shape index (κ1) is 25.7. The highest BCUT2D eigenvalue weighted by Crippen LogP contribution is 2.27. The minimum Gasteiger partial charge on any atom is -0.497 e. The Hall–Kier alpha value is -2.42. The fourth-order valence-electron chi connectivity index (χ4n) is 4.16. The number of hydrogen-bond acceptors (Lipinski definition) is 5. The molecule has 0 bridgehead atoms. The highest BCUT2D eigenvalue weighted by molar-refractivity contribution is 7.89. The van der Waals surface area contributed by atoms with Crippen LogP contribution < -0.4 is 4.74 Å². The zero-order valence-corrected chi connectivity index (χ0v) is 21.6. The summed E-state index contributed by atoms with van der Waals surface area (Å²) in [7, 11) is -1.98. The van der Waals surface area contributed by atoms with Crippen LogP contribution in [0.3, 0.4) is 0 Å². The number of ether oxygens (including phenoxy) is 2. The van der Waals surface area contributed by atoms with Crippen LogP contribution >= 0.6 is 11.6 Å². The van der Waals surface area contributed by atoms with Crippen LogP contribution in [0.5, 0.6) is 5.75 Å². The molecule has 0 N–H and O–H groups in total. The second-order valence-electron chi connectivity index (χ2n) is 8.70. The van der Waals surface area contributed by atoms with E-state index in [1.54, 1.807) is 31.4 Å². The Labute approximate surface area is 213 Å². The molecular formula is C27H31ClN2O4S. The summed E-state index contributed by atoms with van der Waals surface area (Å²) in [6.45, 7) is 5.22. The number of sulfonamides is 1. The van der Waals surface area contributed by atoms with Gasteiger partial charge in [-0.25, -0.2) is 8.42 Å².